The van der Waals surface area contributed by atoms with Gasteiger partial charge < -0.3 is 4.90 Å². The van der Waals surface area contributed by atoms with Gasteiger partial charge >= 0.3 is 0 Å². The number of hydrogen-bond acceptors (Lipinski definition) is 2. The van der Waals surface area contributed by atoms with E-state index in [9.17, 15) is 9.59 Å². The average Bonchev–Trinajstić information content (AvgIpc) is 2.67. The highest BCUT2D eigenvalue weighted by molar-refractivity contribution is 5.96. The van der Waals surface area contributed by atoms with Crippen LogP contribution in [0.25, 0.3) is 0 Å². The van der Waals surface area contributed by atoms with Gasteiger partial charge in [0, 0.05) is 26.9 Å². The lowest BCUT2D eigenvalue weighted by atomic mass is 9.70. The summed E-state index contributed by atoms with van der Waals surface area (Å²) in [5.41, 5.74) is 2.71. The lowest BCUT2D eigenvalue weighted by Crippen LogP contribution is -2.25. The fraction of sp³-hybridized carbons (Fsp3) is 0.846. The van der Waals surface area contributed by atoms with E-state index in [1.165, 1.54) is 76.2 Å². The highest BCUT2D eigenvalue weighted by atomic mass is 16.2. The van der Waals surface area contributed by atoms with Crippen molar-refractivity contribution in [1.82, 2.24) is 4.90 Å². The smallest absolute Gasteiger partial charge is 0.222 e. The number of amides is 1. The second-order valence-electron chi connectivity index (χ2n) is 9.94. The Balaban J connectivity index is 1.93. The third-order valence-corrected chi connectivity index (χ3v) is 6.73. The first kappa shape index (κ1) is 25.9. The number of hydrogen-bond donors (Lipinski definition) is 0. The Labute approximate surface area is 180 Å². The molecular weight excluding hydrogens is 358 g/mol. The van der Waals surface area contributed by atoms with Crippen LogP contribution in [0.4, 0.5) is 0 Å². The van der Waals surface area contributed by atoms with Crippen molar-refractivity contribution < 1.29 is 9.59 Å². The number of ketones is 1. The highest BCUT2D eigenvalue weighted by Crippen LogP contribution is 2.41. The van der Waals surface area contributed by atoms with E-state index in [4.69, 9.17) is 0 Å². The Kier molecular flexibility index (Phi) is 12.5. The van der Waals surface area contributed by atoms with E-state index in [1.54, 1.807) is 4.90 Å². The molecule has 0 aromatic rings. The van der Waals surface area contributed by atoms with Gasteiger partial charge in [-0.05, 0) is 43.6 Å². The maximum atomic E-state index is 12.0. The van der Waals surface area contributed by atoms with Gasteiger partial charge in [-0.15, -0.1) is 0 Å². The normalized spacial score (nSPS) is 16.4. The van der Waals surface area contributed by atoms with Crippen LogP contribution in [0.5, 0.6) is 0 Å². The number of carbonyl (C=O) groups is 2. The van der Waals surface area contributed by atoms with Crippen LogP contribution in [0.3, 0.4) is 0 Å². The monoisotopic (exact) mass is 405 g/mol. The summed E-state index contributed by atoms with van der Waals surface area (Å²) >= 11 is 0. The van der Waals surface area contributed by atoms with Crippen molar-refractivity contribution >= 4 is 11.7 Å². The minimum absolute atomic E-state index is 0.222. The fourth-order valence-corrected chi connectivity index (χ4v) is 4.54. The maximum Gasteiger partial charge on any atom is 0.222 e. The van der Waals surface area contributed by atoms with Gasteiger partial charge in [0.25, 0.3) is 0 Å². The summed E-state index contributed by atoms with van der Waals surface area (Å²) in [4.78, 5) is 25.2. The van der Waals surface area contributed by atoms with Gasteiger partial charge in [-0.2, -0.15) is 0 Å². The maximum absolute atomic E-state index is 12.0. The number of allylic oxidation sites excluding steroid dienone is 2. The number of nitrogens with zero attached hydrogens (tertiary/aromatic N) is 1. The van der Waals surface area contributed by atoms with E-state index in [1.807, 2.05) is 21.0 Å². The topological polar surface area (TPSA) is 37.4 Å². The SMILES string of the molecule is CC1=C(CCCCCCCCCCCCCCC(=O)N(C)C)C(C)(C)CCC1=O. The van der Waals surface area contributed by atoms with E-state index >= 15 is 0 Å². The van der Waals surface area contributed by atoms with Gasteiger partial charge in [0.15, 0.2) is 5.78 Å². The molecule has 0 atom stereocenters. The zero-order valence-corrected chi connectivity index (χ0v) is 20.1. The van der Waals surface area contributed by atoms with Gasteiger partial charge in [0.2, 0.25) is 5.91 Å². The Hall–Kier alpha value is -1.12. The highest BCUT2D eigenvalue weighted by Gasteiger charge is 2.31. The summed E-state index contributed by atoms with van der Waals surface area (Å²) in [6.07, 6.45) is 19.1. The zero-order valence-electron chi connectivity index (χ0n) is 20.1. The van der Waals surface area contributed by atoms with Crippen molar-refractivity contribution in [1.29, 1.82) is 0 Å². The first-order valence-electron chi connectivity index (χ1n) is 12.2. The molecule has 0 bridgehead atoms. The lowest BCUT2D eigenvalue weighted by Gasteiger charge is -2.34. The molecule has 0 heterocycles. The molecule has 0 unspecified atom stereocenters. The second kappa shape index (κ2) is 14.0. The summed E-state index contributed by atoms with van der Waals surface area (Å²) in [6, 6.07) is 0. The quantitative estimate of drug-likeness (QED) is 0.269. The molecule has 0 radical (unpaired) electrons. The van der Waals surface area contributed by atoms with Crippen molar-refractivity contribution in [3.63, 3.8) is 0 Å². The summed E-state index contributed by atoms with van der Waals surface area (Å²) in [5.74, 6) is 0.633. The fourth-order valence-electron chi connectivity index (χ4n) is 4.54. The molecule has 0 spiro atoms. The molecule has 0 aromatic carbocycles. The third-order valence-electron chi connectivity index (χ3n) is 6.73. The molecule has 0 fully saturated rings. The molecule has 168 valence electrons. The van der Waals surface area contributed by atoms with E-state index < -0.39 is 0 Å². The molecule has 1 aliphatic rings. The molecule has 1 rings (SSSR count). The van der Waals surface area contributed by atoms with Crippen LogP contribution in [0, 0.1) is 5.41 Å². The van der Waals surface area contributed by atoms with Crippen molar-refractivity contribution in [2.75, 3.05) is 14.1 Å². The van der Waals surface area contributed by atoms with E-state index in [0.717, 1.165) is 31.3 Å². The number of carbonyl (C=O) groups excluding carboxylic acids is 2. The van der Waals surface area contributed by atoms with Gasteiger partial charge in [-0.25, -0.2) is 0 Å². The van der Waals surface area contributed by atoms with Gasteiger partial charge in [0.05, 0.1) is 0 Å². The zero-order chi connectivity index (χ0) is 21.7. The molecule has 0 N–H and O–H groups in total. The second-order valence-corrected chi connectivity index (χ2v) is 9.94. The molecular formula is C26H47NO2. The van der Waals surface area contributed by atoms with Crippen LogP contribution in [0.2, 0.25) is 0 Å². The van der Waals surface area contributed by atoms with Crippen LogP contribution in [-0.4, -0.2) is 30.7 Å². The summed E-state index contributed by atoms with van der Waals surface area (Å²) in [5, 5.41) is 0. The summed E-state index contributed by atoms with van der Waals surface area (Å²) in [7, 11) is 3.67. The van der Waals surface area contributed by atoms with Gasteiger partial charge in [0.1, 0.15) is 0 Å². The Bertz CT molecular complexity index is 531. The largest absolute Gasteiger partial charge is 0.349 e. The standard InChI is InChI=1S/C26H47NO2/c1-22-23(26(2,3)21-20-24(22)28)18-16-14-12-10-8-6-7-9-11-13-15-17-19-25(29)27(4)5/h6-21H2,1-5H3. The molecule has 0 aromatic heterocycles. The molecule has 0 saturated carbocycles. The summed E-state index contributed by atoms with van der Waals surface area (Å²) in [6.45, 7) is 6.66. The molecule has 3 heteroatoms. The minimum atomic E-state index is 0.222. The molecule has 1 amide bonds. The molecule has 0 saturated heterocycles. The van der Waals surface area contributed by atoms with Crippen LogP contribution >= 0.6 is 0 Å². The van der Waals surface area contributed by atoms with E-state index in [-0.39, 0.29) is 11.3 Å². The van der Waals surface area contributed by atoms with E-state index in [0.29, 0.717) is 12.2 Å². The van der Waals surface area contributed by atoms with Crippen molar-refractivity contribution in [3.8, 4) is 0 Å². The minimum Gasteiger partial charge on any atom is -0.349 e. The Morgan fingerprint density at radius 3 is 1.76 bits per heavy atom. The Morgan fingerprint density at radius 2 is 1.28 bits per heavy atom. The number of unbranched alkanes of at least 4 members (excludes halogenated alkanes) is 11. The first-order valence-corrected chi connectivity index (χ1v) is 12.2. The predicted molar refractivity (Wildman–Crippen MR) is 124 cm³/mol. The van der Waals surface area contributed by atoms with Crippen LogP contribution in [0.15, 0.2) is 11.1 Å². The number of Topliss-reactive ketones (excluding diaryl/α,β-unsaturated/α-hetero) is 1. The van der Waals surface area contributed by atoms with Gasteiger partial charge in [-0.3, -0.25) is 9.59 Å². The van der Waals surface area contributed by atoms with Gasteiger partial charge in [-0.1, -0.05) is 83.6 Å². The molecule has 3 nitrogen and oxygen atoms in total. The summed E-state index contributed by atoms with van der Waals surface area (Å²) < 4.78 is 0. The molecule has 1 aliphatic carbocycles. The Morgan fingerprint density at radius 1 is 0.828 bits per heavy atom. The van der Waals surface area contributed by atoms with Crippen molar-refractivity contribution in [3.05, 3.63) is 11.1 Å². The number of rotatable bonds is 15. The van der Waals surface area contributed by atoms with Crippen LogP contribution in [-0.2, 0) is 9.59 Å². The third kappa shape index (κ3) is 10.5. The molecule has 29 heavy (non-hydrogen) atoms. The van der Waals surface area contributed by atoms with E-state index in [2.05, 4.69) is 13.8 Å². The van der Waals surface area contributed by atoms with Crippen molar-refractivity contribution in [2.45, 2.75) is 124 Å². The first-order chi connectivity index (χ1) is 13.8. The average molecular weight is 406 g/mol. The predicted octanol–water partition coefficient (Wildman–Crippen LogP) is 7.24. The van der Waals surface area contributed by atoms with Crippen LogP contribution in [0.1, 0.15) is 124 Å². The van der Waals surface area contributed by atoms with Crippen LogP contribution < -0.4 is 0 Å². The van der Waals surface area contributed by atoms with Crippen molar-refractivity contribution in [2.24, 2.45) is 5.41 Å². The molecule has 0 aliphatic heterocycles. The lowest BCUT2D eigenvalue weighted by molar-refractivity contribution is -0.128.